The molecule has 2 heterocycles. The highest BCUT2D eigenvalue weighted by atomic mass is 32.2. The molecule has 0 spiro atoms. The second kappa shape index (κ2) is 12.7. The van der Waals surface area contributed by atoms with Crippen LogP contribution in [0.3, 0.4) is 0 Å². The summed E-state index contributed by atoms with van der Waals surface area (Å²) in [5, 5.41) is 5.31. The molecule has 4 aromatic rings. The Labute approximate surface area is 240 Å². The summed E-state index contributed by atoms with van der Waals surface area (Å²) in [7, 11) is -1.78. The van der Waals surface area contributed by atoms with Crippen molar-refractivity contribution in [1.82, 2.24) is 19.6 Å². The first-order valence-corrected chi connectivity index (χ1v) is 16.0. The number of fused-ring (bicyclic) bond motifs is 1. The molecule has 2 aromatic heterocycles. The van der Waals surface area contributed by atoms with Crippen molar-refractivity contribution in [2.24, 2.45) is 0 Å². The van der Waals surface area contributed by atoms with E-state index >= 15 is 0 Å². The minimum Gasteiger partial charge on any atom is -0.497 e. The summed E-state index contributed by atoms with van der Waals surface area (Å²) in [5.74, 6) is 2.13. The van der Waals surface area contributed by atoms with Crippen molar-refractivity contribution in [2.75, 3.05) is 31.1 Å². The van der Waals surface area contributed by atoms with E-state index in [1.54, 1.807) is 35.9 Å². The molecule has 0 fully saturated rings. The Kier molecular flexibility index (Phi) is 9.36. The van der Waals surface area contributed by atoms with Crippen LogP contribution in [0.2, 0.25) is 0 Å². The third kappa shape index (κ3) is 6.76. The zero-order valence-corrected chi connectivity index (χ0v) is 25.1. The topological polar surface area (TPSA) is 98.9 Å². The van der Waals surface area contributed by atoms with Gasteiger partial charge in [0.05, 0.1) is 24.8 Å². The van der Waals surface area contributed by atoms with Gasteiger partial charge in [0.2, 0.25) is 5.95 Å². The SMILES string of the molecule is C=CCCOc1cc(S(C)(=O)=O)ccc1CN(Cc1ccc(OC)cc1)c1nc(SC)nc2c(C(C)C)cnn12. The lowest BCUT2D eigenvalue weighted by atomic mass is 10.1. The number of aromatic nitrogens is 4. The van der Waals surface area contributed by atoms with Crippen molar-refractivity contribution in [3.05, 3.63) is 78.0 Å². The summed E-state index contributed by atoms with van der Waals surface area (Å²) in [6.45, 7) is 9.26. The van der Waals surface area contributed by atoms with Crippen molar-refractivity contribution >= 4 is 33.2 Å². The number of thioether (sulfide) groups is 1. The lowest BCUT2D eigenvalue weighted by Gasteiger charge is -2.26. The maximum Gasteiger partial charge on any atom is 0.231 e. The van der Waals surface area contributed by atoms with E-state index in [1.807, 2.05) is 36.7 Å². The molecule has 0 aliphatic rings. The molecule has 0 amide bonds. The van der Waals surface area contributed by atoms with Gasteiger partial charge in [-0.25, -0.2) is 13.4 Å². The van der Waals surface area contributed by atoms with Crippen molar-refractivity contribution in [3.8, 4) is 11.5 Å². The first kappa shape index (κ1) is 29.4. The number of ether oxygens (including phenoxy) is 2. The van der Waals surface area contributed by atoms with Gasteiger partial charge in [-0.05, 0) is 48.4 Å². The molecule has 2 aromatic carbocycles. The van der Waals surface area contributed by atoms with Crippen molar-refractivity contribution < 1.29 is 17.9 Å². The average molecular weight is 582 g/mol. The number of hydrogen-bond acceptors (Lipinski definition) is 9. The van der Waals surface area contributed by atoms with Crippen LogP contribution in [-0.2, 0) is 22.9 Å². The molecule has 0 saturated heterocycles. The second-order valence-electron chi connectivity index (χ2n) is 9.67. The molecule has 212 valence electrons. The average Bonchev–Trinajstić information content (AvgIpc) is 3.37. The number of rotatable bonds is 13. The molecule has 9 nitrogen and oxygen atoms in total. The van der Waals surface area contributed by atoms with Crippen molar-refractivity contribution in [2.45, 2.75) is 49.3 Å². The smallest absolute Gasteiger partial charge is 0.231 e. The Morgan fingerprint density at radius 1 is 1.12 bits per heavy atom. The minimum absolute atomic E-state index is 0.203. The monoisotopic (exact) mass is 581 g/mol. The number of hydrogen-bond donors (Lipinski definition) is 0. The standard InChI is InChI=1S/C29H35N5O4S2/c1-7-8-15-38-26-16-24(40(6,35)36)14-11-22(26)19-33(18-21-9-12-23(37-4)13-10-21)29-32-28(39-5)31-27-25(20(2)3)17-30-34(27)29/h7,9-14,16-17,20H,1,8,15,18-19H2,2-6H3. The molecule has 0 bridgehead atoms. The molecule has 0 aliphatic carbocycles. The maximum atomic E-state index is 12.3. The Bertz CT molecular complexity index is 1580. The van der Waals surface area contributed by atoms with Gasteiger partial charge in [0.25, 0.3) is 0 Å². The van der Waals surface area contributed by atoms with Gasteiger partial charge in [-0.2, -0.15) is 14.6 Å². The van der Waals surface area contributed by atoms with E-state index in [4.69, 9.17) is 19.4 Å². The van der Waals surface area contributed by atoms with Gasteiger partial charge in [-0.1, -0.05) is 49.9 Å². The van der Waals surface area contributed by atoms with Crippen LogP contribution in [0.5, 0.6) is 11.5 Å². The number of sulfone groups is 1. The first-order valence-electron chi connectivity index (χ1n) is 12.9. The van der Waals surface area contributed by atoms with E-state index in [9.17, 15) is 8.42 Å². The van der Waals surface area contributed by atoms with Gasteiger partial charge in [0.1, 0.15) is 11.5 Å². The van der Waals surface area contributed by atoms with Crippen LogP contribution < -0.4 is 14.4 Å². The van der Waals surface area contributed by atoms with E-state index in [0.29, 0.717) is 43.0 Å². The second-order valence-corrected chi connectivity index (χ2v) is 12.5. The van der Waals surface area contributed by atoms with E-state index in [-0.39, 0.29) is 10.8 Å². The van der Waals surface area contributed by atoms with Gasteiger partial charge < -0.3 is 14.4 Å². The molecular formula is C29H35N5O4S2. The predicted molar refractivity (Wildman–Crippen MR) is 159 cm³/mol. The highest BCUT2D eigenvalue weighted by Crippen LogP contribution is 2.30. The Hall–Kier alpha value is -3.57. The van der Waals surface area contributed by atoms with Crippen LogP contribution in [0.15, 0.2) is 71.4 Å². The summed E-state index contributed by atoms with van der Waals surface area (Å²) in [6, 6.07) is 12.9. The lowest BCUT2D eigenvalue weighted by Crippen LogP contribution is -2.27. The van der Waals surface area contributed by atoms with Gasteiger partial charge in [-0.3, -0.25) is 0 Å². The fourth-order valence-electron chi connectivity index (χ4n) is 4.20. The molecule has 11 heteroatoms. The Morgan fingerprint density at radius 2 is 1.88 bits per heavy atom. The van der Waals surface area contributed by atoms with Crippen LogP contribution in [0.25, 0.3) is 5.65 Å². The van der Waals surface area contributed by atoms with E-state index < -0.39 is 9.84 Å². The van der Waals surface area contributed by atoms with E-state index in [0.717, 1.165) is 28.1 Å². The lowest BCUT2D eigenvalue weighted by molar-refractivity contribution is 0.320. The zero-order valence-electron chi connectivity index (χ0n) is 23.5. The van der Waals surface area contributed by atoms with Gasteiger partial charge in [-0.15, -0.1) is 6.58 Å². The van der Waals surface area contributed by atoms with Crippen LogP contribution in [0, 0.1) is 0 Å². The van der Waals surface area contributed by atoms with Crippen molar-refractivity contribution in [1.29, 1.82) is 0 Å². The van der Waals surface area contributed by atoms with Gasteiger partial charge in [0.15, 0.2) is 20.6 Å². The summed E-state index contributed by atoms with van der Waals surface area (Å²) in [5.41, 5.74) is 3.66. The molecular weight excluding hydrogens is 546 g/mol. The molecule has 0 radical (unpaired) electrons. The third-order valence-electron chi connectivity index (χ3n) is 6.39. The van der Waals surface area contributed by atoms with Crippen LogP contribution >= 0.6 is 11.8 Å². The normalized spacial score (nSPS) is 11.7. The fraction of sp³-hybridized carbons (Fsp3) is 0.345. The zero-order chi connectivity index (χ0) is 28.9. The maximum absolute atomic E-state index is 12.3. The molecule has 0 aliphatic heterocycles. The summed E-state index contributed by atoms with van der Waals surface area (Å²) >= 11 is 1.47. The minimum atomic E-state index is -3.41. The number of anilines is 1. The molecule has 0 unspecified atom stereocenters. The largest absolute Gasteiger partial charge is 0.497 e. The van der Waals surface area contributed by atoms with E-state index in [2.05, 4.69) is 30.4 Å². The molecule has 0 saturated carbocycles. The summed E-state index contributed by atoms with van der Waals surface area (Å²) < 4.78 is 37.8. The summed E-state index contributed by atoms with van der Waals surface area (Å²) in [4.78, 5) is 12.0. The van der Waals surface area contributed by atoms with Crippen LogP contribution in [0.4, 0.5) is 5.95 Å². The first-order chi connectivity index (χ1) is 19.1. The molecule has 4 rings (SSSR count). The number of benzene rings is 2. The quantitative estimate of drug-likeness (QED) is 0.114. The highest BCUT2D eigenvalue weighted by Gasteiger charge is 2.22. The molecule has 40 heavy (non-hydrogen) atoms. The summed E-state index contributed by atoms with van der Waals surface area (Å²) in [6.07, 6.45) is 7.38. The predicted octanol–water partition coefficient (Wildman–Crippen LogP) is 5.54. The van der Waals surface area contributed by atoms with Crippen LogP contribution in [0.1, 0.15) is 42.9 Å². The third-order valence-corrected chi connectivity index (χ3v) is 8.04. The van der Waals surface area contributed by atoms with Crippen LogP contribution in [-0.4, -0.2) is 54.2 Å². The highest BCUT2D eigenvalue weighted by molar-refractivity contribution is 7.98. The Morgan fingerprint density at radius 3 is 2.50 bits per heavy atom. The van der Waals surface area contributed by atoms with Crippen molar-refractivity contribution in [3.63, 3.8) is 0 Å². The number of methoxy groups -OCH3 is 1. The van der Waals surface area contributed by atoms with E-state index in [1.165, 1.54) is 18.0 Å². The molecule has 0 atom stereocenters. The number of nitrogens with zero attached hydrogens (tertiary/aromatic N) is 5. The Balaban J connectivity index is 1.85. The molecule has 0 N–H and O–H groups in total. The van der Waals surface area contributed by atoms with Gasteiger partial charge in [0, 0.05) is 30.5 Å². The fourth-order valence-corrected chi connectivity index (χ4v) is 5.19. The van der Waals surface area contributed by atoms with Gasteiger partial charge >= 0.3 is 0 Å².